The van der Waals surface area contributed by atoms with Gasteiger partial charge in [0.1, 0.15) is 0 Å². The van der Waals surface area contributed by atoms with E-state index in [2.05, 4.69) is 30.5 Å². The number of hydrogen-bond donors (Lipinski definition) is 0. The molecule has 0 saturated heterocycles. The summed E-state index contributed by atoms with van der Waals surface area (Å²) in [6.07, 6.45) is 4.45. The van der Waals surface area contributed by atoms with Gasteiger partial charge < -0.3 is 0 Å². The van der Waals surface area contributed by atoms with Crippen molar-refractivity contribution in [3.63, 3.8) is 0 Å². The van der Waals surface area contributed by atoms with Crippen LogP contribution < -0.4 is 0 Å². The van der Waals surface area contributed by atoms with Crippen molar-refractivity contribution >= 4 is 12.9 Å². The molecule has 0 unspecified atom stereocenters. The van der Waals surface area contributed by atoms with Crippen LogP contribution in [0.3, 0.4) is 0 Å². The van der Waals surface area contributed by atoms with Gasteiger partial charge in [-0.05, 0) is 26.0 Å². The molecular formula is C9H16N2. The Morgan fingerprint density at radius 3 is 2.55 bits per heavy atom. The van der Waals surface area contributed by atoms with Crippen molar-refractivity contribution < 1.29 is 0 Å². The molecule has 0 aliphatic heterocycles. The van der Waals surface area contributed by atoms with Crippen molar-refractivity contribution in [3.8, 4) is 0 Å². The normalized spacial score (nSPS) is 12.9. The smallest absolute Gasteiger partial charge is 0.0584 e. The predicted molar refractivity (Wildman–Crippen MR) is 51.3 cm³/mol. The highest BCUT2D eigenvalue weighted by molar-refractivity contribution is 5.55. The third kappa shape index (κ3) is 5.52. The largest absolute Gasteiger partial charge is 0.271 e. The highest BCUT2D eigenvalue weighted by Gasteiger charge is 1.97. The first-order valence-corrected chi connectivity index (χ1v) is 3.84. The first-order valence-electron chi connectivity index (χ1n) is 3.84. The van der Waals surface area contributed by atoms with Gasteiger partial charge in [0.05, 0.1) is 5.70 Å². The van der Waals surface area contributed by atoms with E-state index >= 15 is 0 Å². The lowest BCUT2D eigenvalue weighted by atomic mass is 10.1. The zero-order chi connectivity index (χ0) is 8.69. The zero-order valence-corrected chi connectivity index (χ0v) is 7.54. The Bertz CT molecular complexity index is 166. The van der Waals surface area contributed by atoms with Gasteiger partial charge in [0, 0.05) is 12.4 Å². The van der Waals surface area contributed by atoms with E-state index in [4.69, 9.17) is 0 Å². The molecule has 0 N–H and O–H groups in total. The molecule has 0 heterocycles. The molecule has 0 fully saturated rings. The lowest BCUT2D eigenvalue weighted by Gasteiger charge is -2.02. The molecule has 0 aliphatic carbocycles. The van der Waals surface area contributed by atoms with E-state index in [0.29, 0.717) is 5.92 Å². The summed E-state index contributed by atoms with van der Waals surface area (Å²) < 4.78 is 0. The van der Waals surface area contributed by atoms with E-state index in [1.807, 2.05) is 6.92 Å². The van der Waals surface area contributed by atoms with Crippen LogP contribution in [0.1, 0.15) is 27.2 Å². The zero-order valence-electron chi connectivity index (χ0n) is 7.54. The standard InChI is InChI=1S/C9H16N2/c1-5-11-9(7-10-4)6-8(2)3/h5,7-8H,4,6H2,1-3H3/b9-7-,11-5-. The fourth-order valence-corrected chi connectivity index (χ4v) is 0.828. The van der Waals surface area contributed by atoms with Crippen LogP contribution in [0.15, 0.2) is 21.9 Å². The number of aliphatic imine (C=N–C) groups is 2. The fraction of sp³-hybridized carbons (Fsp3) is 0.556. The summed E-state index contributed by atoms with van der Waals surface area (Å²) >= 11 is 0. The third-order valence-electron chi connectivity index (χ3n) is 1.15. The van der Waals surface area contributed by atoms with Crippen LogP contribution in [0.5, 0.6) is 0 Å². The Balaban J connectivity index is 4.11. The minimum absolute atomic E-state index is 0.617. The molecular weight excluding hydrogens is 136 g/mol. The summed E-state index contributed by atoms with van der Waals surface area (Å²) in [5.74, 6) is 0.617. The molecule has 0 bridgehead atoms. The summed E-state index contributed by atoms with van der Waals surface area (Å²) in [5.41, 5.74) is 0.998. The van der Waals surface area contributed by atoms with Gasteiger partial charge in [0.25, 0.3) is 0 Å². The second kappa shape index (κ2) is 5.83. The topological polar surface area (TPSA) is 24.7 Å². The maximum absolute atomic E-state index is 4.16. The average molecular weight is 152 g/mol. The molecule has 0 spiro atoms. The molecule has 11 heavy (non-hydrogen) atoms. The Kier molecular flexibility index (Phi) is 5.35. The van der Waals surface area contributed by atoms with E-state index in [9.17, 15) is 0 Å². The van der Waals surface area contributed by atoms with Gasteiger partial charge in [-0.2, -0.15) is 0 Å². The van der Waals surface area contributed by atoms with Crippen LogP contribution in [-0.4, -0.2) is 12.9 Å². The van der Waals surface area contributed by atoms with E-state index in [0.717, 1.165) is 12.1 Å². The Labute approximate surface area is 68.8 Å². The predicted octanol–water partition coefficient (Wildman–Crippen LogP) is 2.67. The van der Waals surface area contributed by atoms with E-state index < -0.39 is 0 Å². The van der Waals surface area contributed by atoms with E-state index in [-0.39, 0.29) is 0 Å². The van der Waals surface area contributed by atoms with Gasteiger partial charge in [-0.1, -0.05) is 13.8 Å². The molecule has 62 valence electrons. The second-order valence-electron chi connectivity index (χ2n) is 2.79. The maximum atomic E-state index is 4.16. The number of rotatable bonds is 4. The Morgan fingerprint density at radius 2 is 2.18 bits per heavy atom. The fourth-order valence-electron chi connectivity index (χ4n) is 0.828. The molecule has 0 rings (SSSR count). The van der Waals surface area contributed by atoms with Crippen molar-refractivity contribution in [2.45, 2.75) is 27.2 Å². The van der Waals surface area contributed by atoms with Crippen LogP contribution in [0, 0.1) is 5.92 Å². The van der Waals surface area contributed by atoms with Gasteiger partial charge >= 0.3 is 0 Å². The Morgan fingerprint density at radius 1 is 1.55 bits per heavy atom. The van der Waals surface area contributed by atoms with E-state index in [1.54, 1.807) is 12.4 Å². The second-order valence-corrected chi connectivity index (χ2v) is 2.79. The Hall–Kier alpha value is -0.920. The minimum Gasteiger partial charge on any atom is -0.271 e. The molecule has 0 atom stereocenters. The van der Waals surface area contributed by atoms with Gasteiger partial charge in [-0.3, -0.25) is 9.98 Å². The summed E-state index contributed by atoms with van der Waals surface area (Å²) in [6.45, 7) is 9.60. The summed E-state index contributed by atoms with van der Waals surface area (Å²) in [5, 5.41) is 0. The average Bonchev–Trinajstić information content (AvgIpc) is 1.87. The quantitative estimate of drug-likeness (QED) is 0.553. The van der Waals surface area contributed by atoms with Crippen molar-refractivity contribution in [1.29, 1.82) is 0 Å². The van der Waals surface area contributed by atoms with Crippen molar-refractivity contribution in [3.05, 3.63) is 11.9 Å². The van der Waals surface area contributed by atoms with Crippen molar-refractivity contribution in [2.75, 3.05) is 0 Å². The van der Waals surface area contributed by atoms with Crippen LogP contribution in [0.2, 0.25) is 0 Å². The van der Waals surface area contributed by atoms with Gasteiger partial charge in [-0.15, -0.1) is 0 Å². The van der Waals surface area contributed by atoms with Gasteiger partial charge in [0.2, 0.25) is 0 Å². The minimum atomic E-state index is 0.617. The first kappa shape index (κ1) is 10.1. The lowest BCUT2D eigenvalue weighted by Crippen LogP contribution is -1.89. The molecule has 0 amide bonds. The van der Waals surface area contributed by atoms with Crippen molar-refractivity contribution in [2.24, 2.45) is 15.9 Å². The lowest BCUT2D eigenvalue weighted by molar-refractivity contribution is 0.638. The molecule has 0 radical (unpaired) electrons. The molecule has 0 aliphatic rings. The van der Waals surface area contributed by atoms with E-state index in [1.165, 1.54) is 0 Å². The highest BCUT2D eigenvalue weighted by atomic mass is 14.8. The third-order valence-corrected chi connectivity index (χ3v) is 1.15. The number of allylic oxidation sites excluding steroid dienone is 1. The SMILES string of the molecule is C=N/C=C(CC(C)C)\N=C/C. The molecule has 0 aromatic rings. The highest BCUT2D eigenvalue weighted by Crippen LogP contribution is 2.11. The van der Waals surface area contributed by atoms with Gasteiger partial charge in [-0.25, -0.2) is 0 Å². The van der Waals surface area contributed by atoms with Crippen LogP contribution in [0.25, 0.3) is 0 Å². The summed E-state index contributed by atoms with van der Waals surface area (Å²) in [4.78, 5) is 7.84. The van der Waals surface area contributed by atoms with Gasteiger partial charge in [0.15, 0.2) is 0 Å². The van der Waals surface area contributed by atoms with Crippen LogP contribution >= 0.6 is 0 Å². The number of hydrogen-bond acceptors (Lipinski definition) is 2. The summed E-state index contributed by atoms with van der Waals surface area (Å²) in [6, 6.07) is 0. The van der Waals surface area contributed by atoms with Crippen molar-refractivity contribution in [1.82, 2.24) is 0 Å². The molecule has 2 nitrogen and oxygen atoms in total. The summed E-state index contributed by atoms with van der Waals surface area (Å²) in [7, 11) is 0. The number of nitrogens with zero attached hydrogens (tertiary/aromatic N) is 2. The maximum Gasteiger partial charge on any atom is 0.0584 e. The first-order chi connectivity index (χ1) is 5.20. The molecule has 0 aromatic carbocycles. The molecule has 0 saturated carbocycles. The van der Waals surface area contributed by atoms with Crippen LogP contribution in [0.4, 0.5) is 0 Å². The molecule has 0 aromatic heterocycles. The monoisotopic (exact) mass is 152 g/mol. The van der Waals surface area contributed by atoms with Crippen LogP contribution in [-0.2, 0) is 0 Å². The molecule has 2 heteroatoms.